The van der Waals surface area contributed by atoms with E-state index < -0.39 is 58.0 Å². The number of benzene rings is 1. The highest BCUT2D eigenvalue weighted by Gasteiger charge is 2.35. The van der Waals surface area contributed by atoms with Crippen molar-refractivity contribution in [1.29, 1.82) is 0 Å². The fourth-order valence-electron chi connectivity index (χ4n) is 2.58. The predicted molar refractivity (Wildman–Crippen MR) is 127 cm³/mol. The Morgan fingerprint density at radius 1 is 1.00 bits per heavy atom. The summed E-state index contributed by atoms with van der Waals surface area (Å²) >= 11 is 0. The normalized spacial score (nSPS) is 13.9. The first-order chi connectivity index (χ1) is 16.1. The van der Waals surface area contributed by atoms with E-state index in [-0.39, 0.29) is 13.2 Å². The van der Waals surface area contributed by atoms with Crippen molar-refractivity contribution in [3.8, 4) is 0 Å². The van der Waals surface area contributed by atoms with Crippen molar-refractivity contribution in [3.05, 3.63) is 35.9 Å². The molecule has 0 unspecified atom stereocenters. The minimum absolute atomic E-state index is 0.0874. The van der Waals surface area contributed by atoms with Crippen LogP contribution in [0.1, 0.15) is 54.0 Å². The van der Waals surface area contributed by atoms with Crippen LogP contribution in [0, 0.1) is 5.41 Å². The number of carbonyl (C=O) groups is 3. The highest BCUT2D eigenvalue weighted by Crippen LogP contribution is 2.19. The van der Waals surface area contributed by atoms with Gasteiger partial charge in [-0.1, -0.05) is 30.3 Å². The molecule has 1 aromatic rings. The number of nitrogens with one attached hydrogen (secondary N) is 2. The maximum atomic E-state index is 12.8. The van der Waals surface area contributed by atoms with Gasteiger partial charge in [0.2, 0.25) is 0 Å². The first-order valence-corrected chi connectivity index (χ1v) is 12.5. The molecule has 0 fully saturated rings. The Labute approximate surface area is 207 Å². The van der Waals surface area contributed by atoms with Crippen LogP contribution in [0.3, 0.4) is 0 Å². The SMILES string of the molecule is CCOC(=O)C(C)(C)COS(=O)(=O)N[C@@H](C)[C@H](NC(=O)OC(C)(C)C)C(=O)OCc1ccccc1. The summed E-state index contributed by atoms with van der Waals surface area (Å²) in [5, 5.41) is 2.35. The molecule has 35 heavy (non-hydrogen) atoms. The van der Waals surface area contributed by atoms with Crippen LogP contribution in [0.2, 0.25) is 0 Å². The molecule has 0 aliphatic rings. The van der Waals surface area contributed by atoms with E-state index in [0.717, 1.165) is 0 Å². The van der Waals surface area contributed by atoms with Crippen molar-refractivity contribution in [2.45, 2.75) is 72.8 Å². The highest BCUT2D eigenvalue weighted by molar-refractivity contribution is 7.84. The average molecular weight is 517 g/mol. The number of hydrogen-bond acceptors (Lipinski definition) is 9. The number of carbonyl (C=O) groups excluding carboxylic acids is 3. The van der Waals surface area contributed by atoms with Gasteiger partial charge in [0, 0.05) is 0 Å². The lowest BCUT2D eigenvalue weighted by molar-refractivity contribution is -0.155. The number of hydrogen-bond donors (Lipinski definition) is 2. The van der Waals surface area contributed by atoms with E-state index in [1.54, 1.807) is 58.0 Å². The highest BCUT2D eigenvalue weighted by atomic mass is 32.2. The summed E-state index contributed by atoms with van der Waals surface area (Å²) < 4.78 is 47.5. The molecule has 1 aromatic carbocycles. The predicted octanol–water partition coefficient (Wildman–Crippen LogP) is 2.45. The van der Waals surface area contributed by atoms with Gasteiger partial charge in [-0.15, -0.1) is 0 Å². The van der Waals surface area contributed by atoms with Crippen molar-refractivity contribution >= 4 is 28.3 Å². The molecule has 0 heterocycles. The Kier molecular flexibility index (Phi) is 11.1. The topological polar surface area (TPSA) is 146 Å². The third kappa shape index (κ3) is 11.5. The molecule has 0 saturated carbocycles. The van der Waals surface area contributed by atoms with Gasteiger partial charge in [0.05, 0.1) is 24.7 Å². The van der Waals surface area contributed by atoms with Crippen LogP contribution in [0.5, 0.6) is 0 Å². The molecule has 2 atom stereocenters. The molecule has 1 rings (SSSR count). The summed E-state index contributed by atoms with van der Waals surface area (Å²) in [6.45, 7) is 10.4. The van der Waals surface area contributed by atoms with Gasteiger partial charge in [0.15, 0.2) is 0 Å². The number of ether oxygens (including phenoxy) is 3. The number of alkyl carbamates (subject to hydrolysis) is 1. The third-order valence-corrected chi connectivity index (χ3v) is 5.47. The van der Waals surface area contributed by atoms with E-state index in [1.807, 2.05) is 0 Å². The number of rotatable bonds is 12. The molecule has 0 aliphatic carbocycles. The van der Waals surface area contributed by atoms with Gasteiger partial charge in [0.1, 0.15) is 18.2 Å². The fraction of sp³-hybridized carbons (Fsp3) is 0.609. The van der Waals surface area contributed by atoms with Crippen LogP contribution in [0.25, 0.3) is 0 Å². The van der Waals surface area contributed by atoms with Crippen LogP contribution >= 0.6 is 0 Å². The molecule has 2 N–H and O–H groups in total. The van der Waals surface area contributed by atoms with Crippen molar-refractivity contribution in [1.82, 2.24) is 10.0 Å². The zero-order valence-corrected chi connectivity index (χ0v) is 22.1. The smallest absolute Gasteiger partial charge is 0.408 e. The first kappa shape index (κ1) is 30.3. The summed E-state index contributed by atoms with van der Waals surface area (Å²) in [5.74, 6) is -1.51. The molecule has 198 valence electrons. The van der Waals surface area contributed by atoms with Gasteiger partial charge in [-0.2, -0.15) is 13.1 Å². The van der Waals surface area contributed by atoms with Crippen LogP contribution in [-0.4, -0.2) is 57.3 Å². The second-order valence-corrected chi connectivity index (χ2v) is 10.8. The van der Waals surface area contributed by atoms with E-state index in [2.05, 4.69) is 10.0 Å². The molecule has 0 bridgehead atoms. The van der Waals surface area contributed by atoms with Gasteiger partial charge in [-0.25, -0.2) is 9.59 Å². The monoisotopic (exact) mass is 516 g/mol. The lowest BCUT2D eigenvalue weighted by Gasteiger charge is -2.27. The van der Waals surface area contributed by atoms with Gasteiger partial charge in [-0.05, 0) is 54.0 Å². The van der Waals surface area contributed by atoms with E-state index in [4.69, 9.17) is 18.4 Å². The Bertz CT molecular complexity index is 957. The van der Waals surface area contributed by atoms with Gasteiger partial charge in [-0.3, -0.25) is 8.98 Å². The van der Waals surface area contributed by atoms with Crippen molar-refractivity contribution in [3.63, 3.8) is 0 Å². The molecular weight excluding hydrogens is 480 g/mol. The molecule has 0 aliphatic heterocycles. The van der Waals surface area contributed by atoms with Crippen molar-refractivity contribution < 1.29 is 41.2 Å². The standard InChI is InChI=1S/C23H36N2O9S/c1-8-31-20(27)23(6,7)15-33-35(29,30)25-16(2)18(24-21(28)34-22(3,4)5)19(26)32-14-17-12-10-9-11-13-17/h9-13,16,18,25H,8,14-15H2,1-7H3,(H,24,28)/t16-,18-/m0/s1. The Morgan fingerprint density at radius 2 is 1.60 bits per heavy atom. The summed E-state index contributed by atoms with van der Waals surface area (Å²) in [4.78, 5) is 37.1. The third-order valence-electron chi connectivity index (χ3n) is 4.38. The van der Waals surface area contributed by atoms with E-state index in [0.29, 0.717) is 5.56 Å². The van der Waals surface area contributed by atoms with Crippen LogP contribution in [-0.2, 0) is 44.9 Å². The Hall–Kier alpha value is -2.70. The Balaban J connectivity index is 2.93. The largest absolute Gasteiger partial charge is 0.466 e. The molecule has 0 spiro atoms. The molecule has 0 saturated heterocycles. The maximum absolute atomic E-state index is 12.8. The zero-order chi connectivity index (χ0) is 26.9. The van der Waals surface area contributed by atoms with E-state index >= 15 is 0 Å². The maximum Gasteiger partial charge on any atom is 0.408 e. The number of amides is 1. The molecule has 0 aromatic heterocycles. The second kappa shape index (κ2) is 12.8. The van der Waals surface area contributed by atoms with E-state index in [1.165, 1.54) is 20.8 Å². The summed E-state index contributed by atoms with van der Waals surface area (Å²) in [7, 11) is -4.44. The van der Waals surface area contributed by atoms with Gasteiger partial charge < -0.3 is 19.5 Å². The first-order valence-electron chi connectivity index (χ1n) is 11.1. The number of esters is 2. The zero-order valence-electron chi connectivity index (χ0n) is 21.2. The molecule has 1 amide bonds. The van der Waals surface area contributed by atoms with Gasteiger partial charge >= 0.3 is 28.3 Å². The van der Waals surface area contributed by atoms with E-state index in [9.17, 15) is 22.8 Å². The lowest BCUT2D eigenvalue weighted by Crippen LogP contribution is -2.55. The summed E-state index contributed by atoms with van der Waals surface area (Å²) in [6, 6.07) is 6.20. The molecule has 11 nitrogen and oxygen atoms in total. The van der Waals surface area contributed by atoms with Crippen molar-refractivity contribution in [2.75, 3.05) is 13.2 Å². The Morgan fingerprint density at radius 3 is 2.14 bits per heavy atom. The summed E-state index contributed by atoms with van der Waals surface area (Å²) in [6.07, 6.45) is -0.936. The quantitative estimate of drug-likeness (QED) is 0.316. The average Bonchev–Trinajstić information content (AvgIpc) is 2.74. The van der Waals surface area contributed by atoms with Crippen LogP contribution in [0.15, 0.2) is 30.3 Å². The lowest BCUT2D eigenvalue weighted by atomic mass is 9.95. The van der Waals surface area contributed by atoms with Crippen LogP contribution < -0.4 is 10.0 Å². The molecular formula is C23H36N2O9S. The molecule has 12 heteroatoms. The minimum atomic E-state index is -4.44. The van der Waals surface area contributed by atoms with Crippen LogP contribution in [0.4, 0.5) is 4.79 Å². The fourth-order valence-corrected chi connectivity index (χ4v) is 3.69. The molecule has 0 radical (unpaired) electrons. The second-order valence-electron chi connectivity index (χ2n) is 9.44. The minimum Gasteiger partial charge on any atom is -0.466 e. The van der Waals surface area contributed by atoms with Crippen molar-refractivity contribution in [2.24, 2.45) is 5.41 Å². The summed E-state index contributed by atoms with van der Waals surface area (Å²) in [5.41, 5.74) is -1.39. The van der Waals surface area contributed by atoms with Gasteiger partial charge in [0.25, 0.3) is 0 Å².